The van der Waals surface area contributed by atoms with Gasteiger partial charge in [-0.15, -0.1) is 0 Å². The molecule has 0 radical (unpaired) electrons. The highest BCUT2D eigenvalue weighted by atomic mass is 35.5. The Morgan fingerprint density at radius 3 is 2.58 bits per heavy atom. The van der Waals surface area contributed by atoms with Crippen LogP contribution >= 0.6 is 23.2 Å². The van der Waals surface area contributed by atoms with Crippen LogP contribution in [0.25, 0.3) is 0 Å². The lowest BCUT2D eigenvalue weighted by Crippen LogP contribution is -2.34. The summed E-state index contributed by atoms with van der Waals surface area (Å²) in [5.74, 6) is -0.154. The molecule has 5 heteroatoms. The summed E-state index contributed by atoms with van der Waals surface area (Å²) in [6, 6.07) is 3.10. The van der Waals surface area contributed by atoms with Crippen LogP contribution < -0.4 is 11.1 Å². The third-order valence-electron chi connectivity index (χ3n) is 3.80. The van der Waals surface area contributed by atoms with Crippen molar-refractivity contribution >= 4 is 34.8 Å². The second-order valence-corrected chi connectivity index (χ2v) is 6.35. The fraction of sp³-hybridized carbons (Fsp3) is 0.500. The Morgan fingerprint density at radius 2 is 2.00 bits per heavy atom. The zero-order valence-electron chi connectivity index (χ0n) is 10.9. The van der Waals surface area contributed by atoms with E-state index in [-0.39, 0.29) is 11.3 Å². The minimum atomic E-state index is -0.154. The Balaban J connectivity index is 2.04. The van der Waals surface area contributed by atoms with Crippen LogP contribution in [-0.4, -0.2) is 12.5 Å². The first kappa shape index (κ1) is 14.5. The number of rotatable bonds is 3. The predicted molar refractivity (Wildman–Crippen MR) is 79.8 cm³/mol. The van der Waals surface area contributed by atoms with Gasteiger partial charge >= 0.3 is 0 Å². The number of hydrogen-bond donors (Lipinski definition) is 2. The molecule has 3 N–H and O–H groups in total. The van der Waals surface area contributed by atoms with Crippen LogP contribution in [0.5, 0.6) is 0 Å². The summed E-state index contributed by atoms with van der Waals surface area (Å²) in [6.07, 6.45) is 4.81. The number of carbonyl (C=O) groups excluding carboxylic acids is 1. The molecule has 0 aliphatic heterocycles. The maximum atomic E-state index is 12.1. The van der Waals surface area contributed by atoms with Gasteiger partial charge in [0.05, 0.1) is 15.7 Å². The molecule has 0 bridgehead atoms. The van der Waals surface area contributed by atoms with Gasteiger partial charge in [0, 0.05) is 12.1 Å². The predicted octanol–water partition coefficient (Wildman–Crippen LogP) is 3.89. The minimum Gasteiger partial charge on any atom is -0.397 e. The van der Waals surface area contributed by atoms with Crippen molar-refractivity contribution in [2.45, 2.75) is 32.6 Å². The van der Waals surface area contributed by atoms with Crippen LogP contribution in [0.15, 0.2) is 12.1 Å². The normalized spacial score (nSPS) is 17.4. The summed E-state index contributed by atoms with van der Waals surface area (Å²) < 4.78 is 0. The Kier molecular flexibility index (Phi) is 4.26. The molecule has 2 rings (SSSR count). The standard InChI is InChI=1S/C14H18Cl2N2O/c1-14(4-2-3-5-14)8-18-13(19)9-6-10(15)12(16)11(17)7-9/h6-7H,2-5,8,17H2,1H3,(H,18,19). The molecule has 0 saturated heterocycles. The number of benzene rings is 1. The average molecular weight is 301 g/mol. The summed E-state index contributed by atoms with van der Waals surface area (Å²) >= 11 is 11.8. The maximum absolute atomic E-state index is 12.1. The molecule has 19 heavy (non-hydrogen) atoms. The largest absolute Gasteiger partial charge is 0.397 e. The lowest BCUT2D eigenvalue weighted by Gasteiger charge is -2.23. The molecule has 1 aliphatic carbocycles. The highest BCUT2D eigenvalue weighted by Crippen LogP contribution is 2.36. The lowest BCUT2D eigenvalue weighted by atomic mass is 9.89. The molecule has 1 saturated carbocycles. The van der Waals surface area contributed by atoms with E-state index in [0.717, 1.165) is 12.8 Å². The highest BCUT2D eigenvalue weighted by Gasteiger charge is 2.29. The van der Waals surface area contributed by atoms with Gasteiger partial charge in [0.2, 0.25) is 0 Å². The third kappa shape index (κ3) is 3.34. The van der Waals surface area contributed by atoms with Gasteiger partial charge in [-0.1, -0.05) is 43.0 Å². The number of hydrogen-bond acceptors (Lipinski definition) is 2. The monoisotopic (exact) mass is 300 g/mol. The lowest BCUT2D eigenvalue weighted by molar-refractivity contribution is 0.0934. The van der Waals surface area contributed by atoms with Crippen LogP contribution in [0, 0.1) is 5.41 Å². The molecule has 1 fully saturated rings. The van der Waals surface area contributed by atoms with Crippen molar-refractivity contribution in [2.75, 3.05) is 12.3 Å². The van der Waals surface area contributed by atoms with E-state index >= 15 is 0 Å². The van der Waals surface area contributed by atoms with E-state index in [9.17, 15) is 4.79 Å². The molecule has 0 unspecified atom stereocenters. The number of halogens is 2. The van der Waals surface area contributed by atoms with Crippen LogP contribution in [-0.2, 0) is 0 Å². The molecular weight excluding hydrogens is 283 g/mol. The summed E-state index contributed by atoms with van der Waals surface area (Å²) in [5.41, 5.74) is 6.70. The van der Waals surface area contributed by atoms with E-state index in [1.807, 2.05) is 0 Å². The van der Waals surface area contributed by atoms with Crippen molar-refractivity contribution < 1.29 is 4.79 Å². The van der Waals surface area contributed by atoms with E-state index < -0.39 is 0 Å². The van der Waals surface area contributed by atoms with Crippen LogP contribution in [0.3, 0.4) is 0 Å². The Hall–Kier alpha value is -0.930. The molecule has 0 spiro atoms. The first-order valence-corrected chi connectivity index (χ1v) is 7.20. The van der Waals surface area contributed by atoms with E-state index in [2.05, 4.69) is 12.2 Å². The van der Waals surface area contributed by atoms with Crippen LogP contribution in [0.1, 0.15) is 43.0 Å². The number of nitrogens with one attached hydrogen (secondary N) is 1. The first-order valence-electron chi connectivity index (χ1n) is 6.44. The third-order valence-corrected chi connectivity index (χ3v) is 4.62. The van der Waals surface area contributed by atoms with Gasteiger partial charge in [0.1, 0.15) is 0 Å². The highest BCUT2D eigenvalue weighted by molar-refractivity contribution is 6.43. The summed E-state index contributed by atoms with van der Waals surface area (Å²) in [7, 11) is 0. The second kappa shape index (κ2) is 5.59. The van der Waals surface area contributed by atoms with Crippen molar-refractivity contribution in [3.05, 3.63) is 27.7 Å². The van der Waals surface area contributed by atoms with Crippen molar-refractivity contribution in [2.24, 2.45) is 5.41 Å². The zero-order valence-corrected chi connectivity index (χ0v) is 12.4. The molecule has 1 aliphatic rings. The maximum Gasteiger partial charge on any atom is 0.251 e. The van der Waals surface area contributed by atoms with E-state index in [0.29, 0.717) is 27.8 Å². The van der Waals surface area contributed by atoms with Crippen molar-refractivity contribution in [1.82, 2.24) is 5.32 Å². The molecule has 3 nitrogen and oxygen atoms in total. The topological polar surface area (TPSA) is 55.1 Å². The first-order chi connectivity index (χ1) is 8.91. The fourth-order valence-corrected chi connectivity index (χ4v) is 2.88. The number of amides is 1. The summed E-state index contributed by atoms with van der Waals surface area (Å²) in [4.78, 5) is 12.1. The van der Waals surface area contributed by atoms with Gasteiger partial charge < -0.3 is 11.1 Å². The zero-order chi connectivity index (χ0) is 14.0. The molecule has 1 aromatic carbocycles. The minimum absolute atomic E-state index is 0.154. The van der Waals surface area contributed by atoms with Gasteiger partial charge in [-0.3, -0.25) is 4.79 Å². The van der Waals surface area contributed by atoms with Crippen LogP contribution in [0.2, 0.25) is 10.0 Å². The Labute approximate surface area is 123 Å². The molecule has 0 atom stereocenters. The summed E-state index contributed by atoms with van der Waals surface area (Å²) in [6.45, 7) is 2.90. The van der Waals surface area contributed by atoms with Gasteiger partial charge in [-0.2, -0.15) is 0 Å². The van der Waals surface area contributed by atoms with E-state index in [4.69, 9.17) is 28.9 Å². The number of nitrogen functional groups attached to an aromatic ring is 1. The number of nitrogens with two attached hydrogens (primary N) is 1. The van der Waals surface area contributed by atoms with Crippen molar-refractivity contribution in [3.63, 3.8) is 0 Å². The van der Waals surface area contributed by atoms with E-state index in [1.165, 1.54) is 12.8 Å². The molecular formula is C14H18Cl2N2O. The van der Waals surface area contributed by atoms with Gasteiger partial charge in [0.15, 0.2) is 0 Å². The van der Waals surface area contributed by atoms with Crippen molar-refractivity contribution in [1.29, 1.82) is 0 Å². The van der Waals surface area contributed by atoms with Gasteiger partial charge in [-0.05, 0) is 30.4 Å². The number of carbonyl (C=O) groups is 1. The Bertz CT molecular complexity index is 473. The van der Waals surface area contributed by atoms with Crippen LogP contribution in [0.4, 0.5) is 5.69 Å². The fourth-order valence-electron chi connectivity index (χ4n) is 2.54. The molecule has 1 amide bonds. The Morgan fingerprint density at radius 1 is 1.37 bits per heavy atom. The van der Waals surface area contributed by atoms with Crippen molar-refractivity contribution in [3.8, 4) is 0 Å². The molecule has 0 aromatic heterocycles. The van der Waals surface area contributed by atoms with Gasteiger partial charge in [0.25, 0.3) is 5.91 Å². The average Bonchev–Trinajstić information content (AvgIpc) is 2.80. The smallest absolute Gasteiger partial charge is 0.251 e. The molecule has 0 heterocycles. The number of anilines is 1. The van der Waals surface area contributed by atoms with E-state index in [1.54, 1.807) is 12.1 Å². The van der Waals surface area contributed by atoms with Gasteiger partial charge in [-0.25, -0.2) is 0 Å². The molecule has 104 valence electrons. The summed E-state index contributed by atoms with van der Waals surface area (Å²) in [5, 5.41) is 3.56. The molecule has 1 aromatic rings. The quantitative estimate of drug-likeness (QED) is 0.832. The second-order valence-electron chi connectivity index (χ2n) is 5.56. The SMILES string of the molecule is CC1(CNC(=O)c2cc(N)c(Cl)c(Cl)c2)CCCC1.